The lowest BCUT2D eigenvalue weighted by molar-refractivity contribution is -0.132. The molecule has 3 aromatic heterocycles. The molecule has 7 nitrogen and oxygen atoms in total. The molecule has 0 aromatic carbocycles. The molecule has 4 rings (SSSR count). The van der Waals surface area contributed by atoms with Crippen LogP contribution in [-0.4, -0.2) is 48.6 Å². The Balaban J connectivity index is 1.27. The first-order chi connectivity index (χ1) is 13.1. The Morgan fingerprint density at radius 3 is 2.67 bits per heavy atom. The van der Waals surface area contributed by atoms with Crippen LogP contribution in [0.3, 0.4) is 0 Å². The molecular formula is C20H26N6O. The Morgan fingerprint density at radius 1 is 1.19 bits per heavy atom. The number of rotatable bonds is 5. The van der Waals surface area contributed by atoms with Crippen LogP contribution in [0.2, 0.25) is 0 Å². The number of nitrogens with one attached hydrogen (secondary N) is 1. The summed E-state index contributed by atoms with van der Waals surface area (Å²) in [4.78, 5) is 26.6. The maximum absolute atomic E-state index is 12.5. The lowest BCUT2D eigenvalue weighted by Gasteiger charge is -2.31. The van der Waals surface area contributed by atoms with E-state index < -0.39 is 0 Å². The van der Waals surface area contributed by atoms with E-state index in [9.17, 15) is 4.79 Å². The molecular weight excluding hydrogens is 340 g/mol. The van der Waals surface area contributed by atoms with Crippen molar-refractivity contribution in [1.82, 2.24) is 29.6 Å². The Hall–Kier alpha value is -2.70. The van der Waals surface area contributed by atoms with E-state index in [1.165, 1.54) is 5.69 Å². The van der Waals surface area contributed by atoms with Crippen LogP contribution in [0.25, 0.3) is 11.2 Å². The van der Waals surface area contributed by atoms with Crippen LogP contribution in [0.15, 0.2) is 24.5 Å². The summed E-state index contributed by atoms with van der Waals surface area (Å²) in [6.07, 6.45) is 6.80. The minimum atomic E-state index is 0.259. The van der Waals surface area contributed by atoms with Crippen LogP contribution in [-0.2, 0) is 11.3 Å². The number of aromatic nitrogens is 5. The normalized spacial score (nSPS) is 15.6. The van der Waals surface area contributed by atoms with Gasteiger partial charge in [-0.2, -0.15) is 5.10 Å². The fourth-order valence-electron chi connectivity index (χ4n) is 3.97. The molecule has 3 aromatic rings. The molecule has 1 fully saturated rings. The summed E-state index contributed by atoms with van der Waals surface area (Å²) in [7, 11) is 0. The molecule has 1 saturated heterocycles. The van der Waals surface area contributed by atoms with Gasteiger partial charge in [0, 0.05) is 55.8 Å². The molecule has 4 heterocycles. The molecule has 27 heavy (non-hydrogen) atoms. The molecule has 142 valence electrons. The number of aryl methyl sites for hydroxylation is 3. The monoisotopic (exact) mass is 366 g/mol. The number of hydrogen-bond donors (Lipinski definition) is 1. The van der Waals surface area contributed by atoms with Gasteiger partial charge < -0.3 is 9.88 Å². The first kappa shape index (κ1) is 17.7. The number of aromatic amines is 1. The van der Waals surface area contributed by atoms with Crippen molar-refractivity contribution in [3.8, 4) is 0 Å². The van der Waals surface area contributed by atoms with Crippen molar-refractivity contribution in [2.45, 2.75) is 52.0 Å². The lowest BCUT2D eigenvalue weighted by atomic mass is 9.93. The standard InChI is InChI=1S/C20H26N6O/c1-14-12-15(2)26(24-14)9-3-4-19(27)25-10-5-16(6-11-25)17-13-18-20(23-17)22-8-7-21-18/h7-8,12-13,16H,3-6,9-11H2,1-2H3,(H,22,23). The molecule has 7 heteroatoms. The Labute approximate surface area is 158 Å². The smallest absolute Gasteiger partial charge is 0.222 e. The SMILES string of the molecule is Cc1cc(C)n(CCCC(=O)N2CCC(c3cc4nccnc4[nH]3)CC2)n1. The third-order valence-electron chi connectivity index (χ3n) is 5.43. The van der Waals surface area contributed by atoms with Crippen molar-refractivity contribution < 1.29 is 4.79 Å². The second-order valence-corrected chi connectivity index (χ2v) is 7.42. The van der Waals surface area contributed by atoms with Crippen molar-refractivity contribution in [3.05, 3.63) is 41.6 Å². The average Bonchev–Trinajstić information content (AvgIpc) is 3.24. The van der Waals surface area contributed by atoms with Crippen LogP contribution >= 0.6 is 0 Å². The number of amides is 1. The Bertz CT molecular complexity index is 902. The topological polar surface area (TPSA) is 79.7 Å². The van der Waals surface area contributed by atoms with Gasteiger partial charge in [0.15, 0.2) is 5.65 Å². The van der Waals surface area contributed by atoms with Gasteiger partial charge in [-0.05, 0) is 45.2 Å². The predicted molar refractivity (Wildman–Crippen MR) is 103 cm³/mol. The Kier molecular flexibility index (Phi) is 4.92. The second kappa shape index (κ2) is 7.50. The van der Waals surface area contributed by atoms with E-state index in [-0.39, 0.29) is 5.91 Å². The van der Waals surface area contributed by atoms with Crippen molar-refractivity contribution in [2.24, 2.45) is 0 Å². The molecule has 0 atom stereocenters. The predicted octanol–water partition coefficient (Wildman–Crippen LogP) is 2.96. The van der Waals surface area contributed by atoms with E-state index in [0.29, 0.717) is 12.3 Å². The molecule has 1 amide bonds. The number of piperidine rings is 1. The lowest BCUT2D eigenvalue weighted by Crippen LogP contribution is -2.38. The molecule has 0 radical (unpaired) electrons. The molecule has 1 aliphatic rings. The van der Waals surface area contributed by atoms with E-state index in [4.69, 9.17) is 0 Å². The summed E-state index contributed by atoms with van der Waals surface area (Å²) in [5, 5.41) is 4.46. The number of carbonyl (C=O) groups is 1. The third-order valence-corrected chi connectivity index (χ3v) is 5.43. The molecule has 0 spiro atoms. The largest absolute Gasteiger partial charge is 0.343 e. The van der Waals surface area contributed by atoms with Gasteiger partial charge in [-0.15, -0.1) is 0 Å². The minimum absolute atomic E-state index is 0.259. The summed E-state index contributed by atoms with van der Waals surface area (Å²) < 4.78 is 1.99. The molecule has 0 saturated carbocycles. The van der Waals surface area contributed by atoms with Crippen LogP contribution in [0.4, 0.5) is 0 Å². The third kappa shape index (κ3) is 3.86. The van der Waals surface area contributed by atoms with E-state index in [0.717, 1.165) is 61.4 Å². The fraction of sp³-hybridized carbons (Fsp3) is 0.500. The summed E-state index contributed by atoms with van der Waals surface area (Å²) in [6.45, 7) is 6.50. The number of H-pyrrole nitrogens is 1. The summed E-state index contributed by atoms with van der Waals surface area (Å²) in [6, 6.07) is 4.17. The Morgan fingerprint density at radius 2 is 1.96 bits per heavy atom. The highest BCUT2D eigenvalue weighted by Crippen LogP contribution is 2.29. The van der Waals surface area contributed by atoms with Crippen molar-refractivity contribution in [2.75, 3.05) is 13.1 Å². The maximum Gasteiger partial charge on any atom is 0.222 e. The zero-order valence-corrected chi connectivity index (χ0v) is 16.0. The average molecular weight is 366 g/mol. The summed E-state index contributed by atoms with van der Waals surface area (Å²) in [5.74, 6) is 0.703. The maximum atomic E-state index is 12.5. The highest BCUT2D eigenvalue weighted by atomic mass is 16.2. The van der Waals surface area contributed by atoms with Gasteiger partial charge in [0.25, 0.3) is 0 Å². The molecule has 0 unspecified atom stereocenters. The number of likely N-dealkylation sites (tertiary alicyclic amines) is 1. The molecule has 0 bridgehead atoms. The first-order valence-corrected chi connectivity index (χ1v) is 9.68. The molecule has 1 aliphatic heterocycles. The van der Waals surface area contributed by atoms with Crippen LogP contribution in [0.5, 0.6) is 0 Å². The molecule has 0 aliphatic carbocycles. The number of nitrogens with zero attached hydrogens (tertiary/aromatic N) is 5. The van der Waals surface area contributed by atoms with Crippen molar-refractivity contribution in [1.29, 1.82) is 0 Å². The van der Waals surface area contributed by atoms with Gasteiger partial charge in [-0.1, -0.05) is 0 Å². The van der Waals surface area contributed by atoms with Crippen molar-refractivity contribution in [3.63, 3.8) is 0 Å². The van der Waals surface area contributed by atoms with Gasteiger partial charge in [-0.3, -0.25) is 14.5 Å². The van der Waals surface area contributed by atoms with Gasteiger partial charge in [-0.25, -0.2) is 4.98 Å². The second-order valence-electron chi connectivity index (χ2n) is 7.42. The highest BCUT2D eigenvalue weighted by Gasteiger charge is 2.24. The van der Waals surface area contributed by atoms with E-state index in [1.54, 1.807) is 12.4 Å². The van der Waals surface area contributed by atoms with Crippen LogP contribution in [0.1, 0.15) is 48.7 Å². The highest BCUT2D eigenvalue weighted by molar-refractivity contribution is 5.76. The summed E-state index contributed by atoms with van der Waals surface area (Å²) in [5.41, 5.74) is 5.13. The minimum Gasteiger partial charge on any atom is -0.343 e. The van der Waals surface area contributed by atoms with Gasteiger partial charge >= 0.3 is 0 Å². The zero-order chi connectivity index (χ0) is 18.8. The van der Waals surface area contributed by atoms with E-state index in [2.05, 4.69) is 39.1 Å². The summed E-state index contributed by atoms with van der Waals surface area (Å²) >= 11 is 0. The quantitative estimate of drug-likeness (QED) is 0.753. The zero-order valence-electron chi connectivity index (χ0n) is 16.0. The van der Waals surface area contributed by atoms with Gasteiger partial charge in [0.2, 0.25) is 5.91 Å². The van der Waals surface area contributed by atoms with Gasteiger partial charge in [0.1, 0.15) is 5.52 Å². The van der Waals surface area contributed by atoms with Crippen molar-refractivity contribution >= 4 is 17.1 Å². The van der Waals surface area contributed by atoms with Crippen LogP contribution in [0, 0.1) is 13.8 Å². The number of hydrogen-bond acceptors (Lipinski definition) is 4. The number of fused-ring (bicyclic) bond motifs is 1. The van der Waals surface area contributed by atoms with Crippen LogP contribution < -0.4 is 0 Å². The van der Waals surface area contributed by atoms with E-state index in [1.807, 2.05) is 16.5 Å². The number of carbonyl (C=O) groups excluding carboxylic acids is 1. The van der Waals surface area contributed by atoms with E-state index >= 15 is 0 Å². The van der Waals surface area contributed by atoms with Gasteiger partial charge in [0.05, 0.1) is 5.69 Å². The molecule has 1 N–H and O–H groups in total. The fourth-order valence-corrected chi connectivity index (χ4v) is 3.97. The first-order valence-electron chi connectivity index (χ1n) is 9.68.